The Bertz CT molecular complexity index is 767. The van der Waals surface area contributed by atoms with Crippen LogP contribution in [0.25, 0.3) is 0 Å². The number of aliphatic hydroxyl groups excluding tert-OH is 1. The maximum Gasteiger partial charge on any atom is 0.498 e. The van der Waals surface area contributed by atoms with Crippen molar-refractivity contribution < 1.29 is 22.8 Å². The van der Waals surface area contributed by atoms with E-state index in [0.29, 0.717) is 18.6 Å². The molecule has 156 valence electrons. The van der Waals surface area contributed by atoms with Gasteiger partial charge >= 0.3 is 7.12 Å². The molecule has 1 atom stereocenters. The van der Waals surface area contributed by atoms with Crippen LogP contribution in [0.1, 0.15) is 40.5 Å². The second kappa shape index (κ2) is 7.99. The van der Waals surface area contributed by atoms with E-state index in [2.05, 4.69) is 14.9 Å². The summed E-state index contributed by atoms with van der Waals surface area (Å²) in [6, 6.07) is 0. The number of β-amino-alcohol motifs (C(OH)–C–C–N with tert-alkyl or cyclic N) is 1. The Balaban J connectivity index is 1.67. The molecule has 1 aromatic rings. The van der Waals surface area contributed by atoms with Crippen molar-refractivity contribution in [1.29, 1.82) is 0 Å². The van der Waals surface area contributed by atoms with Crippen LogP contribution < -0.4 is 5.46 Å². The Morgan fingerprint density at radius 1 is 1.21 bits per heavy atom. The molecule has 2 saturated heterocycles. The summed E-state index contributed by atoms with van der Waals surface area (Å²) in [5.74, 6) is 0.0433. The molecular weight excluding hydrogens is 381 g/mol. The molecule has 2 aliphatic heterocycles. The first kappa shape index (κ1) is 21.6. The summed E-state index contributed by atoms with van der Waals surface area (Å²) >= 11 is 0. The summed E-state index contributed by atoms with van der Waals surface area (Å²) in [6.07, 6.45) is 4.73. The molecule has 1 N–H and O–H groups in total. The highest BCUT2D eigenvalue weighted by Gasteiger charge is 2.52. The van der Waals surface area contributed by atoms with Gasteiger partial charge in [-0.2, -0.15) is 0 Å². The minimum Gasteiger partial charge on any atom is -0.399 e. The van der Waals surface area contributed by atoms with Crippen LogP contribution in [0.2, 0.25) is 0 Å². The molecule has 0 aliphatic carbocycles. The monoisotopic (exact) mass is 411 g/mol. The zero-order chi connectivity index (χ0) is 20.6. The summed E-state index contributed by atoms with van der Waals surface area (Å²) < 4.78 is 37.4. The minimum atomic E-state index is -3.58. The Hall–Kier alpha value is -1.07. The summed E-state index contributed by atoms with van der Waals surface area (Å²) in [6.45, 7) is 10.1. The highest BCUT2D eigenvalue weighted by molar-refractivity contribution is 7.91. The number of nitrogens with zero attached hydrogens (tertiary/aromatic N) is 3. The fourth-order valence-corrected chi connectivity index (χ4v) is 5.07. The summed E-state index contributed by atoms with van der Waals surface area (Å²) in [5.41, 5.74) is -0.363. The molecule has 28 heavy (non-hydrogen) atoms. The van der Waals surface area contributed by atoms with Crippen LogP contribution in [-0.4, -0.2) is 78.7 Å². The van der Waals surface area contributed by atoms with E-state index in [1.807, 2.05) is 27.7 Å². The number of likely N-dealkylation sites (tertiary alicyclic amines) is 1. The predicted octanol–water partition coefficient (Wildman–Crippen LogP) is 0.254. The van der Waals surface area contributed by atoms with Crippen molar-refractivity contribution in [3.63, 3.8) is 0 Å². The largest absolute Gasteiger partial charge is 0.498 e. The second-order valence-corrected chi connectivity index (χ2v) is 10.6. The van der Waals surface area contributed by atoms with E-state index >= 15 is 0 Å². The highest BCUT2D eigenvalue weighted by Crippen LogP contribution is 2.36. The van der Waals surface area contributed by atoms with Crippen LogP contribution in [0, 0.1) is 5.92 Å². The van der Waals surface area contributed by atoms with Gasteiger partial charge in [-0.25, -0.2) is 18.4 Å². The van der Waals surface area contributed by atoms with E-state index in [-0.39, 0.29) is 23.4 Å². The van der Waals surface area contributed by atoms with Gasteiger partial charge in [0.1, 0.15) is 0 Å². The van der Waals surface area contributed by atoms with Crippen molar-refractivity contribution in [3.8, 4) is 0 Å². The first-order chi connectivity index (χ1) is 13.0. The first-order valence-corrected chi connectivity index (χ1v) is 11.4. The Morgan fingerprint density at radius 2 is 1.82 bits per heavy atom. The van der Waals surface area contributed by atoms with Gasteiger partial charge in [-0.05, 0) is 53.0 Å². The quantitative estimate of drug-likeness (QED) is 0.525. The molecule has 0 spiro atoms. The van der Waals surface area contributed by atoms with E-state index in [0.717, 1.165) is 19.4 Å². The van der Waals surface area contributed by atoms with Gasteiger partial charge in [-0.3, -0.25) is 0 Å². The number of rotatable bonds is 6. The molecule has 1 aromatic heterocycles. The third-order valence-corrected chi connectivity index (χ3v) is 7.60. The molecule has 0 aromatic carbocycles. The topological polar surface area (TPSA) is 102 Å². The number of aromatic nitrogens is 2. The lowest BCUT2D eigenvalue weighted by atomic mass is 9.81. The molecular formula is C18H30BN3O5S. The van der Waals surface area contributed by atoms with Gasteiger partial charge in [0.05, 0.1) is 23.6 Å². The normalized spacial score (nSPS) is 25.2. The van der Waals surface area contributed by atoms with E-state index in [1.54, 1.807) is 0 Å². The summed E-state index contributed by atoms with van der Waals surface area (Å²) in [7, 11) is -4.20. The standard InChI is InChI=1S/C18H30BN3O5S/c1-17(2)18(3,4)27-19(26-17)15-10-20-16(21-11-15)28(24,25)13-14-6-5-7-22(12-14)8-9-23/h10-11,14,23H,5-9,12-13H2,1-4H3. The van der Waals surface area contributed by atoms with Crippen LogP contribution in [0.4, 0.5) is 0 Å². The van der Waals surface area contributed by atoms with E-state index in [4.69, 9.17) is 14.4 Å². The Morgan fingerprint density at radius 3 is 2.39 bits per heavy atom. The van der Waals surface area contributed by atoms with Gasteiger partial charge in [-0.15, -0.1) is 0 Å². The fourth-order valence-electron chi connectivity index (χ4n) is 3.60. The number of piperidine rings is 1. The van der Waals surface area contributed by atoms with E-state index in [1.165, 1.54) is 12.4 Å². The lowest BCUT2D eigenvalue weighted by molar-refractivity contribution is 0.00578. The van der Waals surface area contributed by atoms with Crippen molar-refractivity contribution >= 4 is 22.4 Å². The SMILES string of the molecule is CC1(C)OB(c2cnc(S(=O)(=O)CC3CCCN(CCO)C3)nc2)OC1(C)C. The van der Waals surface area contributed by atoms with Gasteiger partial charge in [0.15, 0.2) is 0 Å². The van der Waals surface area contributed by atoms with Crippen LogP contribution in [0.15, 0.2) is 17.6 Å². The second-order valence-electron chi connectivity index (χ2n) is 8.70. The zero-order valence-corrected chi connectivity index (χ0v) is 17.9. The number of hydrogen-bond donors (Lipinski definition) is 1. The Labute approximate surface area is 167 Å². The molecule has 3 rings (SSSR count). The van der Waals surface area contributed by atoms with Crippen LogP contribution in [0.3, 0.4) is 0 Å². The third-order valence-electron chi connectivity index (χ3n) is 5.93. The fraction of sp³-hybridized carbons (Fsp3) is 0.778. The molecule has 1 unspecified atom stereocenters. The molecule has 3 heterocycles. The average Bonchev–Trinajstić information content (AvgIpc) is 2.83. The maximum atomic E-state index is 12.7. The van der Waals surface area contributed by atoms with Crippen LogP contribution >= 0.6 is 0 Å². The van der Waals surface area contributed by atoms with E-state index in [9.17, 15) is 8.42 Å². The molecule has 10 heteroatoms. The lowest BCUT2D eigenvalue weighted by Crippen LogP contribution is -2.41. The van der Waals surface area contributed by atoms with Crippen molar-refractivity contribution in [2.75, 3.05) is 32.0 Å². The molecule has 0 radical (unpaired) electrons. The zero-order valence-electron chi connectivity index (χ0n) is 17.1. The Kier molecular flexibility index (Phi) is 6.17. The average molecular weight is 411 g/mol. The molecule has 2 fully saturated rings. The number of aliphatic hydroxyl groups is 1. The van der Waals surface area contributed by atoms with Gasteiger partial charge in [0.25, 0.3) is 0 Å². The number of hydrogen-bond acceptors (Lipinski definition) is 8. The molecule has 0 amide bonds. The lowest BCUT2D eigenvalue weighted by Gasteiger charge is -2.32. The minimum absolute atomic E-state index is 0.0186. The molecule has 8 nitrogen and oxygen atoms in total. The highest BCUT2D eigenvalue weighted by atomic mass is 32.2. The summed E-state index contributed by atoms with van der Waals surface area (Å²) in [5, 5.41) is 8.94. The van der Waals surface area contributed by atoms with Crippen LogP contribution in [-0.2, 0) is 19.1 Å². The molecule has 0 saturated carbocycles. The van der Waals surface area contributed by atoms with Crippen LogP contribution in [0.5, 0.6) is 0 Å². The molecule has 2 aliphatic rings. The van der Waals surface area contributed by atoms with Crippen molar-refractivity contribution in [2.24, 2.45) is 5.92 Å². The van der Waals surface area contributed by atoms with Gasteiger partial charge in [0, 0.05) is 30.9 Å². The first-order valence-electron chi connectivity index (χ1n) is 9.78. The summed E-state index contributed by atoms with van der Waals surface area (Å²) in [4.78, 5) is 10.3. The maximum absolute atomic E-state index is 12.7. The predicted molar refractivity (Wildman–Crippen MR) is 106 cm³/mol. The van der Waals surface area contributed by atoms with Gasteiger partial charge in [0.2, 0.25) is 15.0 Å². The van der Waals surface area contributed by atoms with E-state index < -0.39 is 28.2 Å². The van der Waals surface area contributed by atoms with Gasteiger partial charge in [-0.1, -0.05) is 0 Å². The third kappa shape index (κ3) is 4.57. The van der Waals surface area contributed by atoms with Gasteiger partial charge < -0.3 is 19.3 Å². The molecule has 0 bridgehead atoms. The van der Waals surface area contributed by atoms with Crippen molar-refractivity contribution in [3.05, 3.63) is 12.4 Å². The smallest absolute Gasteiger partial charge is 0.399 e. The van der Waals surface area contributed by atoms with Crippen molar-refractivity contribution in [2.45, 2.75) is 56.9 Å². The number of sulfone groups is 1. The van der Waals surface area contributed by atoms with Crippen molar-refractivity contribution in [1.82, 2.24) is 14.9 Å².